The van der Waals surface area contributed by atoms with Crippen LogP contribution in [0.2, 0.25) is 0 Å². The van der Waals surface area contributed by atoms with Gasteiger partial charge in [-0.15, -0.1) is 10.2 Å². The molecule has 25 heavy (non-hydrogen) atoms. The highest BCUT2D eigenvalue weighted by Crippen LogP contribution is 2.29. The Morgan fingerprint density at radius 1 is 1.04 bits per heavy atom. The molecule has 2 fully saturated rings. The summed E-state index contributed by atoms with van der Waals surface area (Å²) >= 11 is 0. The van der Waals surface area contributed by atoms with E-state index in [1.807, 2.05) is 18.2 Å². The Morgan fingerprint density at radius 3 is 2.28 bits per heavy atom. The van der Waals surface area contributed by atoms with E-state index in [-0.39, 0.29) is 23.6 Å². The molecular formula is C17H22N4O3S. The minimum atomic E-state index is -3.02. The SMILES string of the molecule is Cc1nnc(CN2CCN(Cc3ccccc3)[C@@H]3CS(=O)(=O)C[C@@H]32)o1. The first-order valence-electron chi connectivity index (χ1n) is 8.52. The fraction of sp³-hybridized carbons (Fsp3) is 0.529. The van der Waals surface area contributed by atoms with E-state index in [9.17, 15) is 8.42 Å². The summed E-state index contributed by atoms with van der Waals surface area (Å²) in [7, 11) is -3.02. The van der Waals surface area contributed by atoms with Gasteiger partial charge in [0.2, 0.25) is 11.8 Å². The summed E-state index contributed by atoms with van der Waals surface area (Å²) in [4.78, 5) is 4.49. The average molecular weight is 362 g/mol. The van der Waals surface area contributed by atoms with Crippen LogP contribution >= 0.6 is 0 Å². The molecule has 0 amide bonds. The van der Waals surface area contributed by atoms with Crippen molar-refractivity contribution in [3.05, 3.63) is 47.7 Å². The fourth-order valence-corrected chi connectivity index (χ4v) is 5.92. The van der Waals surface area contributed by atoms with Crippen molar-refractivity contribution in [2.24, 2.45) is 0 Å². The molecule has 1 aromatic heterocycles. The number of aryl methyl sites for hydroxylation is 1. The second-order valence-corrected chi connectivity index (χ2v) is 9.01. The van der Waals surface area contributed by atoms with Crippen LogP contribution in [0.4, 0.5) is 0 Å². The molecule has 2 saturated heterocycles. The van der Waals surface area contributed by atoms with Crippen LogP contribution in [-0.4, -0.2) is 65.1 Å². The van der Waals surface area contributed by atoms with E-state index in [1.54, 1.807) is 6.92 Å². The van der Waals surface area contributed by atoms with Crippen molar-refractivity contribution in [2.75, 3.05) is 24.6 Å². The van der Waals surface area contributed by atoms with Crippen LogP contribution in [-0.2, 0) is 22.9 Å². The number of rotatable bonds is 4. The van der Waals surface area contributed by atoms with E-state index in [4.69, 9.17) is 4.42 Å². The van der Waals surface area contributed by atoms with Gasteiger partial charge in [-0.2, -0.15) is 0 Å². The van der Waals surface area contributed by atoms with Crippen molar-refractivity contribution in [1.29, 1.82) is 0 Å². The van der Waals surface area contributed by atoms with E-state index in [0.717, 1.165) is 19.6 Å². The molecule has 134 valence electrons. The summed E-state index contributed by atoms with van der Waals surface area (Å²) in [6.45, 7) is 4.68. The Bertz CT molecular complexity index is 837. The van der Waals surface area contributed by atoms with E-state index in [0.29, 0.717) is 18.3 Å². The predicted octanol–water partition coefficient (Wildman–Crippen LogP) is 0.861. The van der Waals surface area contributed by atoms with Crippen LogP contribution in [0.3, 0.4) is 0 Å². The number of piperazine rings is 1. The summed E-state index contributed by atoms with van der Waals surface area (Å²) in [5, 5.41) is 7.92. The summed E-state index contributed by atoms with van der Waals surface area (Å²) < 4.78 is 30.1. The molecule has 4 rings (SSSR count). The highest BCUT2D eigenvalue weighted by atomic mass is 32.2. The van der Waals surface area contributed by atoms with Gasteiger partial charge in [0.05, 0.1) is 18.1 Å². The predicted molar refractivity (Wildman–Crippen MR) is 92.5 cm³/mol. The Morgan fingerprint density at radius 2 is 1.68 bits per heavy atom. The van der Waals surface area contributed by atoms with E-state index in [1.165, 1.54) is 5.56 Å². The first-order valence-corrected chi connectivity index (χ1v) is 10.3. The number of aromatic nitrogens is 2. The smallest absolute Gasteiger partial charge is 0.230 e. The zero-order chi connectivity index (χ0) is 17.4. The minimum Gasteiger partial charge on any atom is -0.424 e. The van der Waals surface area contributed by atoms with Crippen LogP contribution in [0.5, 0.6) is 0 Å². The van der Waals surface area contributed by atoms with Crippen LogP contribution < -0.4 is 0 Å². The van der Waals surface area contributed by atoms with Crippen LogP contribution in [0, 0.1) is 6.92 Å². The zero-order valence-corrected chi connectivity index (χ0v) is 15.0. The van der Waals surface area contributed by atoms with Gasteiger partial charge in [0.25, 0.3) is 0 Å². The lowest BCUT2D eigenvalue weighted by molar-refractivity contribution is 0.0305. The van der Waals surface area contributed by atoms with Gasteiger partial charge in [-0.3, -0.25) is 9.80 Å². The molecule has 2 aliphatic heterocycles. The quantitative estimate of drug-likeness (QED) is 0.798. The maximum atomic E-state index is 12.3. The van der Waals surface area contributed by atoms with E-state index < -0.39 is 9.84 Å². The third kappa shape index (κ3) is 3.61. The summed E-state index contributed by atoms with van der Waals surface area (Å²) in [5.74, 6) is 1.52. The van der Waals surface area contributed by atoms with Gasteiger partial charge < -0.3 is 4.42 Å². The molecule has 7 nitrogen and oxygen atoms in total. The second kappa shape index (κ2) is 6.51. The van der Waals surface area contributed by atoms with Crippen molar-refractivity contribution in [1.82, 2.24) is 20.0 Å². The number of fused-ring (bicyclic) bond motifs is 1. The number of hydrogen-bond donors (Lipinski definition) is 0. The number of benzene rings is 1. The van der Waals surface area contributed by atoms with Crippen molar-refractivity contribution in [3.8, 4) is 0 Å². The summed E-state index contributed by atoms with van der Waals surface area (Å²) in [6.07, 6.45) is 0. The maximum Gasteiger partial charge on any atom is 0.230 e. The molecule has 0 aliphatic carbocycles. The zero-order valence-electron chi connectivity index (χ0n) is 14.2. The third-order valence-electron chi connectivity index (χ3n) is 5.04. The van der Waals surface area contributed by atoms with Crippen molar-refractivity contribution >= 4 is 9.84 Å². The molecule has 0 unspecified atom stereocenters. The van der Waals surface area contributed by atoms with Gasteiger partial charge in [-0.1, -0.05) is 30.3 Å². The molecule has 0 spiro atoms. The molecule has 1 aromatic carbocycles. The minimum absolute atomic E-state index is 0.0166. The van der Waals surface area contributed by atoms with E-state index >= 15 is 0 Å². The van der Waals surface area contributed by atoms with Gasteiger partial charge in [-0.05, 0) is 5.56 Å². The summed E-state index contributed by atoms with van der Waals surface area (Å²) in [6, 6.07) is 10.2. The van der Waals surface area contributed by atoms with Crippen LogP contribution in [0.15, 0.2) is 34.7 Å². The van der Waals surface area contributed by atoms with Crippen LogP contribution in [0.1, 0.15) is 17.3 Å². The fourth-order valence-electron chi connectivity index (χ4n) is 3.88. The molecule has 0 bridgehead atoms. The van der Waals surface area contributed by atoms with Gasteiger partial charge in [0.15, 0.2) is 9.84 Å². The molecule has 2 aliphatic rings. The number of hydrogen-bond acceptors (Lipinski definition) is 7. The number of nitrogens with zero attached hydrogens (tertiary/aromatic N) is 4. The van der Waals surface area contributed by atoms with Gasteiger partial charge >= 0.3 is 0 Å². The molecular weight excluding hydrogens is 340 g/mol. The molecule has 3 heterocycles. The Labute approximate surface area is 147 Å². The Balaban J connectivity index is 1.53. The first-order chi connectivity index (χ1) is 12.0. The number of sulfone groups is 1. The standard InChI is InChI=1S/C17H22N4O3S/c1-13-18-19-17(24-13)10-21-8-7-20(9-14-5-3-2-4-6-14)15-11-25(22,23)12-16(15)21/h2-6,15-16H,7-12H2,1H3/t15-,16+/m1/s1. The normalized spacial score (nSPS) is 26.6. The lowest BCUT2D eigenvalue weighted by Gasteiger charge is -2.43. The van der Waals surface area contributed by atoms with Gasteiger partial charge in [0, 0.05) is 38.6 Å². The average Bonchev–Trinajstić information content (AvgIpc) is 3.13. The topological polar surface area (TPSA) is 79.5 Å². The molecule has 0 N–H and O–H groups in total. The maximum absolute atomic E-state index is 12.3. The molecule has 2 aromatic rings. The first kappa shape index (κ1) is 16.7. The Kier molecular flexibility index (Phi) is 4.35. The van der Waals surface area contributed by atoms with Crippen molar-refractivity contribution < 1.29 is 12.8 Å². The Hall–Kier alpha value is -1.77. The largest absolute Gasteiger partial charge is 0.424 e. The lowest BCUT2D eigenvalue weighted by atomic mass is 10.0. The van der Waals surface area contributed by atoms with Crippen molar-refractivity contribution in [2.45, 2.75) is 32.1 Å². The summed E-state index contributed by atoms with van der Waals surface area (Å²) in [5.41, 5.74) is 1.21. The van der Waals surface area contributed by atoms with Gasteiger partial charge in [0.1, 0.15) is 0 Å². The van der Waals surface area contributed by atoms with Gasteiger partial charge in [-0.25, -0.2) is 8.42 Å². The highest BCUT2D eigenvalue weighted by Gasteiger charge is 2.46. The second-order valence-electron chi connectivity index (χ2n) is 6.85. The monoisotopic (exact) mass is 362 g/mol. The molecule has 0 radical (unpaired) electrons. The molecule has 0 saturated carbocycles. The van der Waals surface area contributed by atoms with Crippen LogP contribution in [0.25, 0.3) is 0 Å². The van der Waals surface area contributed by atoms with E-state index in [2.05, 4.69) is 32.1 Å². The van der Waals surface area contributed by atoms with Crippen molar-refractivity contribution in [3.63, 3.8) is 0 Å². The molecule has 2 atom stereocenters. The lowest BCUT2D eigenvalue weighted by Crippen LogP contribution is -2.58. The third-order valence-corrected chi connectivity index (χ3v) is 6.74. The highest BCUT2D eigenvalue weighted by molar-refractivity contribution is 7.91. The molecule has 8 heteroatoms.